The Bertz CT molecular complexity index is 639. The van der Waals surface area contributed by atoms with Crippen LogP contribution >= 0.6 is 15.9 Å². The predicted molar refractivity (Wildman–Crippen MR) is 90.6 cm³/mol. The van der Waals surface area contributed by atoms with E-state index in [4.69, 9.17) is 4.98 Å². The van der Waals surface area contributed by atoms with E-state index in [0.29, 0.717) is 12.0 Å². The van der Waals surface area contributed by atoms with Gasteiger partial charge in [-0.3, -0.25) is 4.98 Å². The van der Waals surface area contributed by atoms with E-state index in [2.05, 4.69) is 65.5 Å². The van der Waals surface area contributed by atoms with Crippen molar-refractivity contribution in [2.75, 3.05) is 7.05 Å². The molecule has 1 N–H and O–H groups in total. The van der Waals surface area contributed by atoms with Crippen LogP contribution in [-0.4, -0.2) is 12.0 Å². The van der Waals surface area contributed by atoms with E-state index in [1.165, 1.54) is 35.2 Å². The van der Waals surface area contributed by atoms with Gasteiger partial charge < -0.3 is 5.32 Å². The summed E-state index contributed by atoms with van der Waals surface area (Å²) in [6.45, 7) is 2.19. The first-order valence-electron chi connectivity index (χ1n) is 7.58. The van der Waals surface area contributed by atoms with Crippen molar-refractivity contribution in [1.29, 1.82) is 0 Å². The quantitative estimate of drug-likeness (QED) is 0.884. The number of hydrogen-bond acceptors (Lipinski definition) is 2. The number of likely N-dealkylation sites (N-methyl/N-ethyl adjacent to an activating group) is 1. The number of nitrogens with zero attached hydrogens (tertiary/aromatic N) is 1. The maximum atomic E-state index is 4.70. The van der Waals surface area contributed by atoms with Crippen molar-refractivity contribution in [2.24, 2.45) is 0 Å². The number of nitrogens with one attached hydrogen (secondary N) is 1. The molecule has 0 saturated heterocycles. The van der Waals surface area contributed by atoms with Gasteiger partial charge in [-0.05, 0) is 68.1 Å². The summed E-state index contributed by atoms with van der Waals surface area (Å²) in [7, 11) is 2.06. The number of fused-ring (bicyclic) bond motifs is 1. The van der Waals surface area contributed by atoms with Crippen LogP contribution in [0.15, 0.2) is 41.0 Å². The molecular weight excluding hydrogens is 324 g/mol. The molecular formula is C18H21BrN2. The van der Waals surface area contributed by atoms with Crippen LogP contribution < -0.4 is 5.32 Å². The van der Waals surface area contributed by atoms with Gasteiger partial charge in [0.2, 0.25) is 0 Å². The normalized spacial score (nSPS) is 19.1. The average Bonchev–Trinajstić information content (AvgIpc) is 2.51. The molecule has 1 aromatic carbocycles. The molecule has 2 nitrogen and oxygen atoms in total. The van der Waals surface area contributed by atoms with E-state index in [9.17, 15) is 0 Å². The van der Waals surface area contributed by atoms with Crippen LogP contribution in [0.4, 0.5) is 0 Å². The fraction of sp³-hybridized carbons (Fsp3) is 0.389. The van der Waals surface area contributed by atoms with Crippen molar-refractivity contribution in [1.82, 2.24) is 10.3 Å². The smallest absolute Gasteiger partial charge is 0.0485 e. The molecule has 1 heterocycles. The van der Waals surface area contributed by atoms with Gasteiger partial charge in [0.15, 0.2) is 0 Å². The van der Waals surface area contributed by atoms with Gasteiger partial charge in [0, 0.05) is 28.3 Å². The average molecular weight is 345 g/mol. The molecule has 21 heavy (non-hydrogen) atoms. The monoisotopic (exact) mass is 344 g/mol. The van der Waals surface area contributed by atoms with Crippen LogP contribution in [0, 0.1) is 6.92 Å². The standard InChI is InChI=1S/C18H21BrN2/c1-12-8-9-14(19)11-16(12)18(20-2)15-7-3-5-13-6-4-10-21-17(13)15/h4,6,8-11,15,18,20H,3,5,7H2,1-2H3. The summed E-state index contributed by atoms with van der Waals surface area (Å²) < 4.78 is 1.14. The molecule has 2 aromatic rings. The first-order chi connectivity index (χ1) is 10.2. The highest BCUT2D eigenvalue weighted by Crippen LogP contribution is 2.40. The van der Waals surface area contributed by atoms with Crippen molar-refractivity contribution in [3.05, 3.63) is 63.4 Å². The van der Waals surface area contributed by atoms with E-state index < -0.39 is 0 Å². The summed E-state index contributed by atoms with van der Waals surface area (Å²) in [6, 6.07) is 11.1. The highest BCUT2D eigenvalue weighted by molar-refractivity contribution is 9.10. The number of rotatable bonds is 3. The summed E-state index contributed by atoms with van der Waals surface area (Å²) in [6.07, 6.45) is 5.53. The van der Waals surface area contributed by atoms with Gasteiger partial charge in [-0.1, -0.05) is 28.1 Å². The van der Waals surface area contributed by atoms with Gasteiger partial charge in [0.25, 0.3) is 0 Å². The maximum Gasteiger partial charge on any atom is 0.0485 e. The second-order valence-corrected chi connectivity index (χ2v) is 6.73. The number of aryl methyl sites for hydroxylation is 2. The molecule has 2 atom stereocenters. The molecule has 0 radical (unpaired) electrons. The molecule has 0 aliphatic heterocycles. The lowest BCUT2D eigenvalue weighted by molar-refractivity contribution is 0.414. The molecule has 1 aromatic heterocycles. The third-order valence-corrected chi connectivity index (χ3v) is 5.02. The minimum atomic E-state index is 0.316. The lowest BCUT2D eigenvalue weighted by atomic mass is 9.79. The fourth-order valence-electron chi connectivity index (χ4n) is 3.49. The van der Waals surface area contributed by atoms with Gasteiger partial charge >= 0.3 is 0 Å². The van der Waals surface area contributed by atoms with Crippen LogP contribution in [0.25, 0.3) is 0 Å². The molecule has 0 fully saturated rings. The van der Waals surface area contributed by atoms with Crippen molar-refractivity contribution >= 4 is 15.9 Å². The number of pyridine rings is 1. The van der Waals surface area contributed by atoms with Crippen molar-refractivity contribution in [3.63, 3.8) is 0 Å². The van der Waals surface area contributed by atoms with Crippen molar-refractivity contribution in [2.45, 2.75) is 38.1 Å². The minimum absolute atomic E-state index is 0.316. The summed E-state index contributed by atoms with van der Waals surface area (Å²) in [5.74, 6) is 0.452. The number of halogens is 1. The molecule has 2 unspecified atom stereocenters. The number of aromatic nitrogens is 1. The van der Waals surface area contributed by atoms with Gasteiger partial charge in [-0.25, -0.2) is 0 Å². The second-order valence-electron chi connectivity index (χ2n) is 5.81. The summed E-state index contributed by atoms with van der Waals surface area (Å²) in [5.41, 5.74) is 5.40. The topological polar surface area (TPSA) is 24.9 Å². The van der Waals surface area contributed by atoms with Gasteiger partial charge in [0.1, 0.15) is 0 Å². The van der Waals surface area contributed by atoms with Crippen LogP contribution in [0.3, 0.4) is 0 Å². The summed E-state index contributed by atoms with van der Waals surface area (Å²) >= 11 is 3.61. The minimum Gasteiger partial charge on any atom is -0.312 e. The number of hydrogen-bond donors (Lipinski definition) is 1. The van der Waals surface area contributed by atoms with Gasteiger partial charge in [0.05, 0.1) is 0 Å². The number of benzene rings is 1. The first-order valence-corrected chi connectivity index (χ1v) is 8.37. The summed E-state index contributed by atoms with van der Waals surface area (Å²) in [4.78, 5) is 4.70. The fourth-order valence-corrected chi connectivity index (χ4v) is 3.87. The van der Waals surface area contributed by atoms with Crippen molar-refractivity contribution in [3.8, 4) is 0 Å². The molecule has 1 aliphatic carbocycles. The maximum absolute atomic E-state index is 4.70. The Labute approximate surface area is 135 Å². The Hall–Kier alpha value is -1.19. The van der Waals surface area contributed by atoms with Crippen LogP contribution in [0.5, 0.6) is 0 Å². The van der Waals surface area contributed by atoms with E-state index in [1.807, 2.05) is 6.20 Å². The Morgan fingerprint density at radius 2 is 2.19 bits per heavy atom. The zero-order valence-electron chi connectivity index (χ0n) is 12.6. The van der Waals surface area contributed by atoms with Crippen LogP contribution in [0.2, 0.25) is 0 Å². The molecule has 0 saturated carbocycles. The predicted octanol–water partition coefficient (Wildman–Crippen LogP) is 4.53. The van der Waals surface area contributed by atoms with E-state index in [0.717, 1.165) is 10.9 Å². The third-order valence-electron chi connectivity index (χ3n) is 4.53. The molecule has 0 spiro atoms. The summed E-state index contributed by atoms with van der Waals surface area (Å²) in [5, 5.41) is 3.54. The first kappa shape index (κ1) is 14.7. The zero-order chi connectivity index (χ0) is 14.8. The highest BCUT2D eigenvalue weighted by atomic mass is 79.9. The van der Waals surface area contributed by atoms with Gasteiger partial charge in [-0.2, -0.15) is 0 Å². The van der Waals surface area contributed by atoms with Crippen LogP contribution in [-0.2, 0) is 6.42 Å². The molecule has 0 bridgehead atoms. The zero-order valence-corrected chi connectivity index (χ0v) is 14.2. The molecule has 0 amide bonds. The lowest BCUT2D eigenvalue weighted by Gasteiger charge is -2.32. The molecule has 1 aliphatic rings. The van der Waals surface area contributed by atoms with E-state index >= 15 is 0 Å². The highest BCUT2D eigenvalue weighted by Gasteiger charge is 2.30. The van der Waals surface area contributed by atoms with Crippen molar-refractivity contribution < 1.29 is 0 Å². The van der Waals surface area contributed by atoms with E-state index in [-0.39, 0.29) is 0 Å². The molecule has 110 valence electrons. The molecule has 3 rings (SSSR count). The Kier molecular flexibility index (Phi) is 4.41. The Morgan fingerprint density at radius 3 is 3.00 bits per heavy atom. The molecule has 3 heteroatoms. The Balaban J connectivity index is 2.03. The van der Waals surface area contributed by atoms with Crippen LogP contribution in [0.1, 0.15) is 47.2 Å². The second kappa shape index (κ2) is 6.29. The van der Waals surface area contributed by atoms with Gasteiger partial charge in [-0.15, -0.1) is 0 Å². The lowest BCUT2D eigenvalue weighted by Crippen LogP contribution is -2.28. The third kappa shape index (κ3) is 2.90. The SMILES string of the molecule is CNC(c1cc(Br)ccc1C)C1CCCc2cccnc21. The van der Waals surface area contributed by atoms with E-state index in [1.54, 1.807) is 0 Å². The largest absolute Gasteiger partial charge is 0.312 e. The Morgan fingerprint density at radius 1 is 1.33 bits per heavy atom.